The molecule has 0 unspecified atom stereocenters. The SMILES string of the molecule is CC(C)(C)Nc1cc(C(=O)Nc2ccc3c(c2)OCO3)ncn1. The standard InChI is InChI=1S/C16H18N4O3/c1-16(2,3)20-14-7-11(17-8-18-14)15(21)19-10-4-5-12-13(6-10)23-9-22-12/h4-8H,9H2,1-3H3,(H,19,21)(H,17,18,20). The Kier molecular flexibility index (Phi) is 3.77. The minimum Gasteiger partial charge on any atom is -0.454 e. The van der Waals surface area contributed by atoms with E-state index in [0.29, 0.717) is 23.0 Å². The number of carbonyl (C=O) groups is 1. The van der Waals surface area contributed by atoms with Crippen LogP contribution >= 0.6 is 0 Å². The fourth-order valence-electron chi connectivity index (χ4n) is 2.10. The lowest BCUT2D eigenvalue weighted by molar-refractivity contribution is 0.102. The first-order chi connectivity index (χ1) is 10.9. The number of hydrogen-bond donors (Lipinski definition) is 2. The molecule has 23 heavy (non-hydrogen) atoms. The average Bonchev–Trinajstić information content (AvgIpc) is 2.93. The molecular formula is C16H18N4O3. The van der Waals surface area contributed by atoms with Gasteiger partial charge in [0.15, 0.2) is 11.5 Å². The van der Waals surface area contributed by atoms with Gasteiger partial charge in [0.1, 0.15) is 17.8 Å². The second-order valence-electron chi connectivity index (χ2n) is 6.19. The Morgan fingerprint density at radius 1 is 1.13 bits per heavy atom. The van der Waals surface area contributed by atoms with E-state index in [4.69, 9.17) is 9.47 Å². The van der Waals surface area contributed by atoms with Crippen molar-refractivity contribution in [3.63, 3.8) is 0 Å². The maximum atomic E-state index is 12.3. The number of ether oxygens (including phenoxy) is 2. The number of nitrogens with one attached hydrogen (secondary N) is 2. The first-order valence-corrected chi connectivity index (χ1v) is 7.22. The van der Waals surface area contributed by atoms with Crippen molar-refractivity contribution < 1.29 is 14.3 Å². The summed E-state index contributed by atoms with van der Waals surface area (Å²) in [7, 11) is 0. The number of aromatic nitrogens is 2. The Bertz CT molecular complexity index is 740. The highest BCUT2D eigenvalue weighted by Gasteiger charge is 2.16. The van der Waals surface area contributed by atoms with E-state index in [1.165, 1.54) is 6.33 Å². The van der Waals surface area contributed by atoms with Crippen LogP contribution in [0.25, 0.3) is 0 Å². The van der Waals surface area contributed by atoms with Crippen LogP contribution in [0.15, 0.2) is 30.6 Å². The highest BCUT2D eigenvalue weighted by Crippen LogP contribution is 2.34. The lowest BCUT2D eigenvalue weighted by Crippen LogP contribution is -2.27. The highest BCUT2D eigenvalue weighted by molar-refractivity contribution is 6.03. The predicted molar refractivity (Wildman–Crippen MR) is 85.9 cm³/mol. The van der Waals surface area contributed by atoms with E-state index in [-0.39, 0.29) is 23.9 Å². The summed E-state index contributed by atoms with van der Waals surface area (Å²) in [4.78, 5) is 20.5. The van der Waals surface area contributed by atoms with E-state index in [2.05, 4.69) is 20.6 Å². The van der Waals surface area contributed by atoms with Gasteiger partial charge >= 0.3 is 0 Å². The number of fused-ring (bicyclic) bond motifs is 1. The lowest BCUT2D eigenvalue weighted by atomic mass is 10.1. The number of nitrogens with zero attached hydrogens (tertiary/aromatic N) is 2. The maximum Gasteiger partial charge on any atom is 0.274 e. The highest BCUT2D eigenvalue weighted by atomic mass is 16.7. The second-order valence-corrected chi connectivity index (χ2v) is 6.19. The zero-order valence-corrected chi connectivity index (χ0v) is 13.2. The summed E-state index contributed by atoms with van der Waals surface area (Å²) in [6.45, 7) is 6.24. The van der Waals surface area contributed by atoms with E-state index in [9.17, 15) is 4.79 Å². The summed E-state index contributed by atoms with van der Waals surface area (Å²) in [6.07, 6.45) is 1.36. The van der Waals surface area contributed by atoms with Crippen molar-refractivity contribution in [3.8, 4) is 11.5 Å². The van der Waals surface area contributed by atoms with Crippen molar-refractivity contribution in [2.24, 2.45) is 0 Å². The first kappa shape index (κ1) is 15.1. The Morgan fingerprint density at radius 2 is 1.91 bits per heavy atom. The predicted octanol–water partition coefficient (Wildman–Crippen LogP) is 2.67. The zero-order chi connectivity index (χ0) is 16.4. The van der Waals surface area contributed by atoms with Crippen molar-refractivity contribution in [2.75, 3.05) is 17.4 Å². The second kappa shape index (κ2) is 5.75. The van der Waals surface area contributed by atoms with Crippen molar-refractivity contribution in [1.82, 2.24) is 9.97 Å². The number of anilines is 2. The number of benzene rings is 1. The molecule has 1 aliphatic rings. The van der Waals surface area contributed by atoms with Crippen LogP contribution in [0, 0.1) is 0 Å². The van der Waals surface area contributed by atoms with Gasteiger partial charge in [-0.25, -0.2) is 9.97 Å². The Morgan fingerprint density at radius 3 is 2.70 bits per heavy atom. The van der Waals surface area contributed by atoms with Crippen molar-refractivity contribution in [1.29, 1.82) is 0 Å². The smallest absolute Gasteiger partial charge is 0.274 e. The number of rotatable bonds is 3. The minimum absolute atomic E-state index is 0.153. The fourth-order valence-corrected chi connectivity index (χ4v) is 2.10. The molecule has 0 saturated carbocycles. The molecule has 7 nitrogen and oxygen atoms in total. The molecule has 1 amide bonds. The molecule has 0 aliphatic carbocycles. The van der Waals surface area contributed by atoms with Gasteiger partial charge in [0.25, 0.3) is 5.91 Å². The lowest BCUT2D eigenvalue weighted by Gasteiger charge is -2.21. The third-order valence-corrected chi connectivity index (χ3v) is 3.03. The summed E-state index contributed by atoms with van der Waals surface area (Å²) in [6, 6.07) is 6.84. The molecule has 2 N–H and O–H groups in total. The third kappa shape index (κ3) is 3.68. The van der Waals surface area contributed by atoms with E-state index < -0.39 is 0 Å². The molecule has 1 aromatic heterocycles. The molecule has 0 bridgehead atoms. The molecule has 1 aromatic carbocycles. The third-order valence-electron chi connectivity index (χ3n) is 3.03. The van der Waals surface area contributed by atoms with Gasteiger partial charge in [-0.05, 0) is 32.9 Å². The Labute approximate surface area is 134 Å². The van der Waals surface area contributed by atoms with Crippen molar-refractivity contribution in [2.45, 2.75) is 26.3 Å². The summed E-state index contributed by atoms with van der Waals surface area (Å²) in [5.41, 5.74) is 0.743. The van der Waals surface area contributed by atoms with Gasteiger partial charge in [0.2, 0.25) is 6.79 Å². The summed E-state index contributed by atoms with van der Waals surface area (Å²) < 4.78 is 10.5. The van der Waals surface area contributed by atoms with Crippen molar-refractivity contribution >= 4 is 17.4 Å². The van der Waals surface area contributed by atoms with Gasteiger partial charge in [-0.2, -0.15) is 0 Å². The molecular weight excluding hydrogens is 296 g/mol. The van der Waals surface area contributed by atoms with Crippen LogP contribution in [0.3, 0.4) is 0 Å². The van der Waals surface area contributed by atoms with Crippen LogP contribution in [0.2, 0.25) is 0 Å². The molecule has 0 radical (unpaired) electrons. The first-order valence-electron chi connectivity index (χ1n) is 7.22. The average molecular weight is 314 g/mol. The summed E-state index contributed by atoms with van der Waals surface area (Å²) in [5.74, 6) is 1.56. The number of carbonyl (C=O) groups excluding carboxylic acids is 1. The number of amides is 1. The summed E-state index contributed by atoms with van der Waals surface area (Å²) >= 11 is 0. The monoisotopic (exact) mass is 314 g/mol. The number of hydrogen-bond acceptors (Lipinski definition) is 6. The topological polar surface area (TPSA) is 85.4 Å². The zero-order valence-electron chi connectivity index (χ0n) is 13.2. The molecule has 3 rings (SSSR count). The van der Waals surface area contributed by atoms with Crippen LogP contribution in [-0.4, -0.2) is 28.2 Å². The van der Waals surface area contributed by atoms with E-state index >= 15 is 0 Å². The van der Waals surface area contributed by atoms with Crippen molar-refractivity contribution in [3.05, 3.63) is 36.3 Å². The molecule has 7 heteroatoms. The van der Waals surface area contributed by atoms with Crippen LogP contribution in [-0.2, 0) is 0 Å². The molecule has 0 spiro atoms. The molecule has 2 heterocycles. The van der Waals surface area contributed by atoms with Gasteiger partial charge < -0.3 is 20.1 Å². The van der Waals surface area contributed by atoms with E-state index in [1.807, 2.05) is 20.8 Å². The molecule has 0 saturated heterocycles. The van der Waals surface area contributed by atoms with Crippen LogP contribution < -0.4 is 20.1 Å². The molecule has 2 aromatic rings. The van der Waals surface area contributed by atoms with E-state index in [1.54, 1.807) is 24.3 Å². The minimum atomic E-state index is -0.316. The van der Waals surface area contributed by atoms with E-state index in [0.717, 1.165) is 0 Å². The van der Waals surface area contributed by atoms with Crippen LogP contribution in [0.1, 0.15) is 31.3 Å². The quantitative estimate of drug-likeness (QED) is 0.906. The molecule has 0 fully saturated rings. The van der Waals surface area contributed by atoms with Gasteiger partial charge in [-0.15, -0.1) is 0 Å². The normalized spacial score (nSPS) is 12.8. The maximum absolute atomic E-state index is 12.3. The Balaban J connectivity index is 1.74. The molecule has 1 aliphatic heterocycles. The van der Waals surface area contributed by atoms with Gasteiger partial charge in [0, 0.05) is 23.4 Å². The summed E-state index contributed by atoms with van der Waals surface area (Å²) in [5, 5.41) is 5.99. The van der Waals surface area contributed by atoms with Gasteiger partial charge in [-0.3, -0.25) is 4.79 Å². The van der Waals surface area contributed by atoms with Gasteiger partial charge in [-0.1, -0.05) is 0 Å². The largest absolute Gasteiger partial charge is 0.454 e. The fraction of sp³-hybridized carbons (Fsp3) is 0.312. The molecule has 120 valence electrons. The van der Waals surface area contributed by atoms with Gasteiger partial charge in [0.05, 0.1) is 0 Å². The Hall–Kier alpha value is -2.83. The van der Waals surface area contributed by atoms with Crippen LogP contribution in [0.4, 0.5) is 11.5 Å². The van der Waals surface area contributed by atoms with Crippen LogP contribution in [0.5, 0.6) is 11.5 Å². The molecule has 0 atom stereocenters.